The molecule has 1 spiro atoms. The molecule has 3 fully saturated rings. The SMILES string of the molecule is CCC(C)CC1NC(=O)N([C@H]2CC3(C[C@H](Oc4ncccc4C(N)=O)C3)C2)C1=O. The molecule has 1 aromatic heterocycles. The quantitative estimate of drug-likeness (QED) is 0.681. The summed E-state index contributed by atoms with van der Waals surface area (Å²) in [5, 5.41) is 2.85. The second-order valence-electron chi connectivity index (χ2n) is 8.89. The summed E-state index contributed by atoms with van der Waals surface area (Å²) in [6.07, 6.45) is 6.52. The molecule has 2 saturated carbocycles. The van der Waals surface area contributed by atoms with Crippen molar-refractivity contribution < 1.29 is 19.1 Å². The molecule has 29 heavy (non-hydrogen) atoms. The number of ether oxygens (including phenoxy) is 1. The van der Waals surface area contributed by atoms with Crippen LogP contribution in [0.2, 0.25) is 0 Å². The third-order valence-corrected chi connectivity index (χ3v) is 6.73. The minimum absolute atomic E-state index is 0.0230. The molecule has 1 aliphatic heterocycles. The van der Waals surface area contributed by atoms with Crippen LogP contribution in [0.25, 0.3) is 0 Å². The van der Waals surface area contributed by atoms with Gasteiger partial charge in [0.1, 0.15) is 17.7 Å². The number of hydrogen-bond donors (Lipinski definition) is 2. The fourth-order valence-electron chi connectivity index (χ4n) is 4.90. The highest BCUT2D eigenvalue weighted by Gasteiger charge is 2.58. The van der Waals surface area contributed by atoms with Crippen molar-refractivity contribution in [2.75, 3.05) is 0 Å². The lowest BCUT2D eigenvalue weighted by Crippen LogP contribution is -2.60. The summed E-state index contributed by atoms with van der Waals surface area (Å²) in [4.78, 5) is 42.1. The van der Waals surface area contributed by atoms with Gasteiger partial charge in [-0.2, -0.15) is 0 Å². The van der Waals surface area contributed by atoms with Gasteiger partial charge in [0, 0.05) is 12.2 Å². The highest BCUT2D eigenvalue weighted by molar-refractivity contribution is 6.04. The second kappa shape index (κ2) is 7.31. The van der Waals surface area contributed by atoms with E-state index in [1.165, 1.54) is 4.90 Å². The van der Waals surface area contributed by atoms with Gasteiger partial charge in [0.2, 0.25) is 5.88 Å². The van der Waals surface area contributed by atoms with Crippen molar-refractivity contribution in [3.05, 3.63) is 23.9 Å². The minimum Gasteiger partial charge on any atom is -0.474 e. The largest absolute Gasteiger partial charge is 0.474 e. The lowest BCUT2D eigenvalue weighted by molar-refractivity contribution is -0.141. The molecular formula is C21H28N4O4. The maximum atomic E-state index is 12.7. The van der Waals surface area contributed by atoms with Crippen molar-refractivity contribution in [3.63, 3.8) is 0 Å². The summed E-state index contributed by atoms with van der Waals surface area (Å²) >= 11 is 0. The van der Waals surface area contributed by atoms with Gasteiger partial charge in [-0.1, -0.05) is 20.3 Å². The Balaban J connectivity index is 1.30. The maximum Gasteiger partial charge on any atom is 0.325 e. The predicted octanol–water partition coefficient (Wildman–Crippen LogP) is 2.23. The monoisotopic (exact) mass is 400 g/mol. The number of hydrogen-bond acceptors (Lipinski definition) is 5. The van der Waals surface area contributed by atoms with Crippen LogP contribution in [0, 0.1) is 11.3 Å². The Morgan fingerprint density at radius 3 is 2.76 bits per heavy atom. The van der Waals surface area contributed by atoms with E-state index >= 15 is 0 Å². The first-order valence-corrected chi connectivity index (χ1v) is 10.4. The van der Waals surface area contributed by atoms with E-state index in [-0.39, 0.29) is 47.0 Å². The highest BCUT2D eigenvalue weighted by Crippen LogP contribution is 2.58. The summed E-state index contributed by atoms with van der Waals surface area (Å²) in [5.41, 5.74) is 5.77. The molecule has 2 aliphatic carbocycles. The van der Waals surface area contributed by atoms with E-state index in [0.29, 0.717) is 12.3 Å². The number of nitrogens with zero attached hydrogens (tertiary/aromatic N) is 2. The molecule has 4 rings (SSSR count). The van der Waals surface area contributed by atoms with Gasteiger partial charge in [-0.25, -0.2) is 9.78 Å². The maximum absolute atomic E-state index is 12.7. The number of imide groups is 1. The molecule has 8 nitrogen and oxygen atoms in total. The fraction of sp³-hybridized carbons (Fsp3) is 0.619. The molecular weight excluding hydrogens is 372 g/mol. The molecule has 156 valence electrons. The van der Waals surface area contributed by atoms with Crippen LogP contribution < -0.4 is 15.8 Å². The van der Waals surface area contributed by atoms with E-state index < -0.39 is 5.91 Å². The van der Waals surface area contributed by atoms with E-state index in [1.54, 1.807) is 18.3 Å². The van der Waals surface area contributed by atoms with Crippen LogP contribution in [0.3, 0.4) is 0 Å². The van der Waals surface area contributed by atoms with E-state index in [0.717, 1.165) is 32.1 Å². The number of nitrogens with one attached hydrogen (secondary N) is 1. The summed E-state index contributed by atoms with van der Waals surface area (Å²) < 4.78 is 5.88. The van der Waals surface area contributed by atoms with E-state index in [2.05, 4.69) is 24.1 Å². The topological polar surface area (TPSA) is 115 Å². The van der Waals surface area contributed by atoms with Crippen LogP contribution in [0.5, 0.6) is 5.88 Å². The molecule has 0 aromatic carbocycles. The van der Waals surface area contributed by atoms with Gasteiger partial charge in [-0.15, -0.1) is 0 Å². The van der Waals surface area contributed by atoms with Gasteiger partial charge in [0.15, 0.2) is 0 Å². The minimum atomic E-state index is -0.559. The number of amides is 4. The molecule has 2 unspecified atom stereocenters. The van der Waals surface area contributed by atoms with E-state index in [1.807, 2.05) is 0 Å². The molecule has 2 atom stereocenters. The van der Waals surface area contributed by atoms with Crippen molar-refractivity contribution >= 4 is 17.8 Å². The number of urea groups is 1. The number of aromatic nitrogens is 1. The van der Waals surface area contributed by atoms with Gasteiger partial charge in [0.25, 0.3) is 11.8 Å². The zero-order valence-electron chi connectivity index (χ0n) is 16.9. The fourth-order valence-corrected chi connectivity index (χ4v) is 4.90. The smallest absolute Gasteiger partial charge is 0.325 e. The predicted molar refractivity (Wildman–Crippen MR) is 105 cm³/mol. The number of rotatable bonds is 7. The first-order chi connectivity index (χ1) is 13.8. The van der Waals surface area contributed by atoms with Crippen molar-refractivity contribution in [1.82, 2.24) is 15.2 Å². The molecule has 1 aromatic rings. The van der Waals surface area contributed by atoms with Gasteiger partial charge in [-0.05, 0) is 55.6 Å². The van der Waals surface area contributed by atoms with E-state index in [4.69, 9.17) is 10.5 Å². The molecule has 1 saturated heterocycles. The van der Waals surface area contributed by atoms with Crippen LogP contribution in [0.15, 0.2) is 18.3 Å². The molecule has 4 amide bonds. The summed E-state index contributed by atoms with van der Waals surface area (Å²) in [6, 6.07) is 2.59. The summed E-state index contributed by atoms with van der Waals surface area (Å²) in [5.74, 6) is 0.0364. The van der Waals surface area contributed by atoms with Crippen molar-refractivity contribution in [3.8, 4) is 5.88 Å². The van der Waals surface area contributed by atoms with Crippen LogP contribution in [0.1, 0.15) is 62.7 Å². The molecule has 2 heterocycles. The first-order valence-electron chi connectivity index (χ1n) is 10.4. The third-order valence-electron chi connectivity index (χ3n) is 6.73. The van der Waals surface area contributed by atoms with Gasteiger partial charge in [0.05, 0.1) is 0 Å². The van der Waals surface area contributed by atoms with Crippen LogP contribution in [-0.2, 0) is 4.79 Å². The van der Waals surface area contributed by atoms with E-state index in [9.17, 15) is 14.4 Å². The standard InChI is InChI=1S/C21H28N4O4/c1-3-12(2)7-16-19(27)25(20(28)24-16)13-8-21(9-13)10-14(11-21)29-18-15(17(22)26)5-4-6-23-18/h4-6,12-14,16H,3,7-11H2,1-2H3,(H2,22,26)(H,24,28)/t12?,13-,14-,16?,21?. The lowest BCUT2D eigenvalue weighted by atomic mass is 9.52. The number of primary amides is 1. The Morgan fingerprint density at radius 2 is 2.10 bits per heavy atom. The first kappa shape index (κ1) is 19.7. The molecule has 0 bridgehead atoms. The molecule has 3 N–H and O–H groups in total. The Hall–Kier alpha value is -2.64. The van der Waals surface area contributed by atoms with Crippen molar-refractivity contribution in [2.24, 2.45) is 17.1 Å². The number of pyridine rings is 1. The second-order valence-corrected chi connectivity index (χ2v) is 8.89. The Labute approximate surface area is 170 Å². The van der Waals surface area contributed by atoms with Crippen LogP contribution in [-0.4, -0.2) is 45.9 Å². The van der Waals surface area contributed by atoms with Gasteiger partial charge >= 0.3 is 6.03 Å². The normalized spacial score (nSPS) is 31.8. The zero-order chi connectivity index (χ0) is 20.8. The summed E-state index contributed by atoms with van der Waals surface area (Å²) in [7, 11) is 0. The van der Waals surface area contributed by atoms with Crippen molar-refractivity contribution in [2.45, 2.75) is 70.6 Å². The average Bonchev–Trinajstić information content (AvgIpc) is 2.89. The van der Waals surface area contributed by atoms with Crippen molar-refractivity contribution in [1.29, 1.82) is 0 Å². The molecule has 8 heteroatoms. The Morgan fingerprint density at radius 1 is 1.38 bits per heavy atom. The number of carbonyl (C=O) groups is 3. The zero-order valence-corrected chi connectivity index (χ0v) is 16.9. The van der Waals surface area contributed by atoms with Gasteiger partial charge in [-0.3, -0.25) is 14.5 Å². The van der Waals surface area contributed by atoms with Crippen LogP contribution in [0.4, 0.5) is 4.79 Å². The summed E-state index contributed by atoms with van der Waals surface area (Å²) in [6.45, 7) is 4.19. The highest BCUT2D eigenvalue weighted by atomic mass is 16.5. The van der Waals surface area contributed by atoms with Crippen LogP contribution >= 0.6 is 0 Å². The van der Waals surface area contributed by atoms with Gasteiger partial charge < -0.3 is 15.8 Å². The molecule has 3 aliphatic rings. The third kappa shape index (κ3) is 3.56. The lowest BCUT2D eigenvalue weighted by Gasteiger charge is -2.58. The number of nitrogens with two attached hydrogens (primary N) is 1. The molecule has 0 radical (unpaired) electrons. The Kier molecular flexibility index (Phi) is 4.96. The average molecular weight is 400 g/mol. The number of carbonyl (C=O) groups excluding carboxylic acids is 3. The Bertz CT molecular complexity index is 828.